The number of pyridine rings is 1. The number of aromatic nitrogens is 1. The molecule has 1 aromatic rings. The minimum atomic E-state index is 0.0167. The van der Waals surface area contributed by atoms with Gasteiger partial charge in [0.15, 0.2) is 5.15 Å². The molecular formula is C12H13ClN2O. The van der Waals surface area contributed by atoms with Crippen LogP contribution >= 0.6 is 11.6 Å². The van der Waals surface area contributed by atoms with Gasteiger partial charge in [-0.2, -0.15) is 0 Å². The van der Waals surface area contributed by atoms with E-state index in [0.717, 1.165) is 18.4 Å². The summed E-state index contributed by atoms with van der Waals surface area (Å²) < 4.78 is 0. The molecule has 1 aromatic heterocycles. The van der Waals surface area contributed by atoms with Gasteiger partial charge in [-0.15, -0.1) is 0 Å². The molecule has 0 radical (unpaired) electrons. The largest absolute Gasteiger partial charge is 0.323 e. The van der Waals surface area contributed by atoms with E-state index in [0.29, 0.717) is 10.8 Å². The topological polar surface area (TPSA) is 42.0 Å². The van der Waals surface area contributed by atoms with E-state index in [-0.39, 0.29) is 11.8 Å². The molecular weight excluding hydrogens is 224 g/mol. The number of amides is 1. The molecule has 0 saturated carbocycles. The molecule has 0 aromatic carbocycles. The SMILES string of the molecule is Cc1ccnc(Cl)c1NC(=O)C1CC=CC1. The summed E-state index contributed by atoms with van der Waals surface area (Å²) in [6, 6.07) is 1.83. The van der Waals surface area contributed by atoms with Gasteiger partial charge in [-0.05, 0) is 31.4 Å². The van der Waals surface area contributed by atoms with E-state index in [1.807, 2.05) is 25.1 Å². The van der Waals surface area contributed by atoms with E-state index in [9.17, 15) is 4.79 Å². The molecule has 16 heavy (non-hydrogen) atoms. The van der Waals surface area contributed by atoms with Crippen LogP contribution < -0.4 is 5.32 Å². The van der Waals surface area contributed by atoms with E-state index in [4.69, 9.17) is 11.6 Å². The van der Waals surface area contributed by atoms with Gasteiger partial charge < -0.3 is 5.32 Å². The minimum Gasteiger partial charge on any atom is -0.323 e. The number of hydrogen-bond donors (Lipinski definition) is 1. The molecule has 0 fully saturated rings. The van der Waals surface area contributed by atoms with Gasteiger partial charge in [0.25, 0.3) is 0 Å². The molecule has 1 heterocycles. The fraction of sp³-hybridized carbons (Fsp3) is 0.333. The van der Waals surface area contributed by atoms with Crippen molar-refractivity contribution < 1.29 is 4.79 Å². The molecule has 4 heteroatoms. The molecule has 0 unspecified atom stereocenters. The molecule has 1 N–H and O–H groups in total. The number of carbonyl (C=O) groups is 1. The van der Waals surface area contributed by atoms with Crippen LogP contribution in [0.4, 0.5) is 5.69 Å². The Morgan fingerprint density at radius 3 is 2.81 bits per heavy atom. The van der Waals surface area contributed by atoms with Gasteiger partial charge in [0.05, 0.1) is 5.69 Å². The molecule has 0 spiro atoms. The summed E-state index contributed by atoms with van der Waals surface area (Å²) in [5.74, 6) is 0.0543. The Morgan fingerprint density at radius 2 is 2.19 bits per heavy atom. The molecule has 84 valence electrons. The quantitative estimate of drug-likeness (QED) is 0.634. The number of anilines is 1. The van der Waals surface area contributed by atoms with Crippen LogP contribution in [-0.4, -0.2) is 10.9 Å². The number of carbonyl (C=O) groups excluding carboxylic acids is 1. The van der Waals surface area contributed by atoms with Gasteiger partial charge in [0.1, 0.15) is 0 Å². The van der Waals surface area contributed by atoms with E-state index in [2.05, 4.69) is 10.3 Å². The average molecular weight is 237 g/mol. The maximum atomic E-state index is 11.9. The molecule has 1 aliphatic carbocycles. The fourth-order valence-corrected chi connectivity index (χ4v) is 1.98. The highest BCUT2D eigenvalue weighted by atomic mass is 35.5. The zero-order valence-corrected chi connectivity index (χ0v) is 9.79. The predicted octanol–water partition coefficient (Wildman–Crippen LogP) is 2.95. The van der Waals surface area contributed by atoms with Crippen LogP contribution in [0, 0.1) is 12.8 Å². The second kappa shape index (κ2) is 4.66. The Kier molecular flexibility index (Phi) is 3.25. The molecule has 0 atom stereocenters. The molecule has 0 saturated heterocycles. The Labute approximate surface area is 99.5 Å². The van der Waals surface area contributed by atoms with Crippen LogP contribution in [0.3, 0.4) is 0 Å². The van der Waals surface area contributed by atoms with Crippen molar-refractivity contribution in [3.63, 3.8) is 0 Å². The third kappa shape index (κ3) is 2.25. The van der Waals surface area contributed by atoms with Gasteiger partial charge in [-0.25, -0.2) is 4.98 Å². The second-order valence-corrected chi connectivity index (χ2v) is 4.28. The highest BCUT2D eigenvalue weighted by Gasteiger charge is 2.20. The van der Waals surface area contributed by atoms with E-state index in [1.165, 1.54) is 0 Å². The number of rotatable bonds is 2. The van der Waals surface area contributed by atoms with E-state index >= 15 is 0 Å². The zero-order chi connectivity index (χ0) is 11.5. The lowest BCUT2D eigenvalue weighted by atomic mass is 10.1. The summed E-state index contributed by atoms with van der Waals surface area (Å²) in [5.41, 5.74) is 1.56. The monoisotopic (exact) mass is 236 g/mol. The van der Waals surface area contributed by atoms with Crippen LogP contribution in [0.1, 0.15) is 18.4 Å². The number of allylic oxidation sites excluding steroid dienone is 2. The summed E-state index contributed by atoms with van der Waals surface area (Å²) >= 11 is 5.94. The molecule has 1 amide bonds. The summed E-state index contributed by atoms with van der Waals surface area (Å²) in [4.78, 5) is 15.8. The van der Waals surface area contributed by atoms with Crippen molar-refractivity contribution >= 4 is 23.2 Å². The maximum Gasteiger partial charge on any atom is 0.228 e. The summed E-state index contributed by atoms with van der Waals surface area (Å²) in [7, 11) is 0. The first-order valence-electron chi connectivity index (χ1n) is 5.25. The molecule has 0 aliphatic heterocycles. The highest BCUT2D eigenvalue weighted by molar-refractivity contribution is 6.32. The predicted molar refractivity (Wildman–Crippen MR) is 64.5 cm³/mol. The maximum absolute atomic E-state index is 11.9. The molecule has 1 aliphatic rings. The van der Waals surface area contributed by atoms with Gasteiger partial charge in [-0.3, -0.25) is 4.79 Å². The lowest BCUT2D eigenvalue weighted by Crippen LogP contribution is -2.21. The van der Waals surface area contributed by atoms with Crippen molar-refractivity contribution in [3.05, 3.63) is 35.1 Å². The average Bonchev–Trinajstić information content (AvgIpc) is 2.76. The Hall–Kier alpha value is -1.35. The summed E-state index contributed by atoms with van der Waals surface area (Å²) in [6.45, 7) is 1.90. The van der Waals surface area contributed by atoms with Crippen molar-refractivity contribution in [3.8, 4) is 0 Å². The van der Waals surface area contributed by atoms with Crippen LogP contribution in [0.15, 0.2) is 24.4 Å². The summed E-state index contributed by atoms with van der Waals surface area (Å²) in [5, 5.41) is 3.19. The fourth-order valence-electron chi connectivity index (χ4n) is 1.73. The Bertz CT molecular complexity index is 414. The first-order valence-corrected chi connectivity index (χ1v) is 5.63. The van der Waals surface area contributed by atoms with Gasteiger partial charge in [0.2, 0.25) is 5.91 Å². The lowest BCUT2D eigenvalue weighted by molar-refractivity contribution is -0.119. The standard InChI is InChI=1S/C12H13ClN2O/c1-8-6-7-14-11(13)10(8)15-12(16)9-4-2-3-5-9/h2-3,6-7,9H,4-5H2,1H3,(H,15,16). The van der Waals surface area contributed by atoms with Crippen molar-refractivity contribution in [2.45, 2.75) is 19.8 Å². The first kappa shape index (κ1) is 11.1. The van der Waals surface area contributed by atoms with Crippen LogP contribution in [0.2, 0.25) is 5.15 Å². The van der Waals surface area contributed by atoms with Gasteiger partial charge in [0, 0.05) is 12.1 Å². The normalized spacial score (nSPS) is 15.4. The van der Waals surface area contributed by atoms with Gasteiger partial charge in [-0.1, -0.05) is 23.8 Å². The third-order valence-electron chi connectivity index (χ3n) is 2.74. The number of nitrogens with zero attached hydrogens (tertiary/aromatic N) is 1. The first-order chi connectivity index (χ1) is 7.68. The smallest absolute Gasteiger partial charge is 0.228 e. The van der Waals surface area contributed by atoms with Crippen molar-refractivity contribution in [2.75, 3.05) is 5.32 Å². The minimum absolute atomic E-state index is 0.0167. The van der Waals surface area contributed by atoms with Crippen molar-refractivity contribution in [2.24, 2.45) is 5.92 Å². The Balaban J connectivity index is 2.11. The third-order valence-corrected chi connectivity index (χ3v) is 3.03. The van der Waals surface area contributed by atoms with Crippen molar-refractivity contribution in [1.82, 2.24) is 4.98 Å². The van der Waals surface area contributed by atoms with Crippen LogP contribution in [-0.2, 0) is 4.79 Å². The summed E-state index contributed by atoms with van der Waals surface area (Å²) in [6.07, 6.45) is 7.31. The zero-order valence-electron chi connectivity index (χ0n) is 9.03. The number of hydrogen-bond acceptors (Lipinski definition) is 2. The van der Waals surface area contributed by atoms with Crippen LogP contribution in [0.25, 0.3) is 0 Å². The van der Waals surface area contributed by atoms with E-state index < -0.39 is 0 Å². The van der Waals surface area contributed by atoms with Crippen LogP contribution in [0.5, 0.6) is 0 Å². The molecule has 2 rings (SSSR count). The number of nitrogens with one attached hydrogen (secondary N) is 1. The number of aryl methyl sites for hydroxylation is 1. The second-order valence-electron chi connectivity index (χ2n) is 3.92. The lowest BCUT2D eigenvalue weighted by Gasteiger charge is -2.13. The van der Waals surface area contributed by atoms with Gasteiger partial charge >= 0.3 is 0 Å². The van der Waals surface area contributed by atoms with E-state index in [1.54, 1.807) is 6.20 Å². The van der Waals surface area contributed by atoms with Crippen molar-refractivity contribution in [1.29, 1.82) is 0 Å². The number of halogens is 1. The molecule has 3 nitrogen and oxygen atoms in total. The highest BCUT2D eigenvalue weighted by Crippen LogP contribution is 2.25. The Morgan fingerprint density at radius 1 is 1.50 bits per heavy atom. The molecule has 0 bridgehead atoms.